The van der Waals surface area contributed by atoms with Crippen LogP contribution in [0.2, 0.25) is 0 Å². The topological polar surface area (TPSA) is 49.7 Å². The Morgan fingerprint density at radius 2 is 1.58 bits per heavy atom. The second-order valence-electron chi connectivity index (χ2n) is 11.9. The number of fused-ring (bicyclic) bond motifs is 1. The van der Waals surface area contributed by atoms with Crippen LogP contribution in [0.4, 0.5) is 4.39 Å². The van der Waals surface area contributed by atoms with Gasteiger partial charge in [0.05, 0.1) is 18.9 Å². The molecule has 0 amide bonds. The molecule has 4 heteroatoms. The van der Waals surface area contributed by atoms with Crippen LogP contribution >= 0.6 is 0 Å². The van der Waals surface area contributed by atoms with Gasteiger partial charge in [-0.05, 0) is 135 Å². The number of alkyl halides is 1. The zero-order valence-electron chi connectivity index (χ0n) is 22.8. The van der Waals surface area contributed by atoms with E-state index in [4.69, 9.17) is 4.74 Å². The highest BCUT2D eigenvalue weighted by Gasteiger charge is 2.28. The Balaban J connectivity index is 1.30. The number of aromatic hydroxyl groups is 1. The third-order valence-electron chi connectivity index (χ3n) is 9.25. The summed E-state index contributed by atoms with van der Waals surface area (Å²) in [6, 6.07) is 14.6. The number of phenols is 1. The van der Waals surface area contributed by atoms with Gasteiger partial charge < -0.3 is 14.9 Å². The third kappa shape index (κ3) is 6.81. The molecule has 2 aromatic carbocycles. The number of phenolic OH excluding ortho intramolecular Hbond substituents is 1. The summed E-state index contributed by atoms with van der Waals surface area (Å²) in [5, 5.41) is 20.3. The summed E-state index contributed by atoms with van der Waals surface area (Å²) < 4.78 is 18.8. The zero-order chi connectivity index (χ0) is 26.3. The summed E-state index contributed by atoms with van der Waals surface area (Å²) in [6.07, 6.45) is 15.9. The van der Waals surface area contributed by atoms with Crippen molar-refractivity contribution in [3.8, 4) is 11.5 Å². The molecule has 0 spiro atoms. The van der Waals surface area contributed by atoms with Gasteiger partial charge in [-0.15, -0.1) is 0 Å². The first kappa shape index (κ1) is 27.2. The Labute approximate surface area is 228 Å². The number of aliphatic hydroxyl groups excluding tert-OH is 1. The molecule has 3 aliphatic rings. The lowest BCUT2D eigenvalue weighted by Gasteiger charge is -2.30. The van der Waals surface area contributed by atoms with Crippen LogP contribution in [0.1, 0.15) is 107 Å². The van der Waals surface area contributed by atoms with Crippen molar-refractivity contribution in [3.63, 3.8) is 0 Å². The predicted molar refractivity (Wildman–Crippen MR) is 152 cm³/mol. The second kappa shape index (κ2) is 13.2. The number of hydrogen-bond donors (Lipinski definition) is 2. The van der Waals surface area contributed by atoms with Gasteiger partial charge in [0.25, 0.3) is 0 Å². The van der Waals surface area contributed by atoms with E-state index in [1.165, 1.54) is 47.1 Å². The molecule has 2 N–H and O–H groups in total. The van der Waals surface area contributed by atoms with Gasteiger partial charge >= 0.3 is 0 Å². The summed E-state index contributed by atoms with van der Waals surface area (Å²) in [5.41, 5.74) is 6.57. The first-order valence-electron chi connectivity index (χ1n) is 15.2. The van der Waals surface area contributed by atoms with Crippen LogP contribution in [0, 0.1) is 11.8 Å². The number of aryl methyl sites for hydroxylation is 1. The number of unbranched alkanes of at least 4 members (excludes halogenated alkanes) is 2. The lowest BCUT2D eigenvalue weighted by atomic mass is 9.77. The highest BCUT2D eigenvalue weighted by Crippen LogP contribution is 2.43. The largest absolute Gasteiger partial charge is 0.508 e. The summed E-state index contributed by atoms with van der Waals surface area (Å²) in [5.74, 6) is 2.57. The minimum atomic E-state index is -0.182. The fourth-order valence-electron chi connectivity index (χ4n) is 7.11. The quantitative estimate of drug-likeness (QED) is 0.326. The average molecular weight is 521 g/mol. The number of halogens is 1. The van der Waals surface area contributed by atoms with Gasteiger partial charge in [0.15, 0.2) is 0 Å². The Kier molecular flexibility index (Phi) is 9.43. The number of hydrogen-bond acceptors (Lipinski definition) is 3. The van der Waals surface area contributed by atoms with Crippen LogP contribution in [0.25, 0.3) is 5.57 Å². The minimum Gasteiger partial charge on any atom is -0.508 e. The smallest absolute Gasteiger partial charge is 0.119 e. The van der Waals surface area contributed by atoms with E-state index in [1.54, 1.807) is 0 Å². The number of aliphatic hydroxyl groups is 1. The number of allylic oxidation sites excluding steroid dienone is 1. The van der Waals surface area contributed by atoms with Gasteiger partial charge in [0.2, 0.25) is 0 Å². The second-order valence-corrected chi connectivity index (χ2v) is 11.9. The van der Waals surface area contributed by atoms with Crippen molar-refractivity contribution < 1.29 is 19.3 Å². The number of benzene rings is 2. The average Bonchev–Trinajstić information content (AvgIpc) is 3.12. The molecule has 0 bridgehead atoms. The first-order valence-corrected chi connectivity index (χ1v) is 15.2. The van der Waals surface area contributed by atoms with Crippen LogP contribution in [0.5, 0.6) is 11.5 Å². The van der Waals surface area contributed by atoms with E-state index in [0.717, 1.165) is 82.3 Å². The van der Waals surface area contributed by atoms with E-state index in [2.05, 4.69) is 30.3 Å². The Morgan fingerprint density at radius 3 is 2.32 bits per heavy atom. The summed E-state index contributed by atoms with van der Waals surface area (Å²) in [4.78, 5) is 0. The molecular weight excluding hydrogens is 475 g/mol. The summed E-state index contributed by atoms with van der Waals surface area (Å²) in [6.45, 7) is -0.182. The molecule has 2 fully saturated rings. The highest BCUT2D eigenvalue weighted by atomic mass is 19.1. The molecule has 0 atom stereocenters. The molecular formula is C34H45FO3. The number of rotatable bonds is 9. The van der Waals surface area contributed by atoms with E-state index in [9.17, 15) is 14.6 Å². The first-order chi connectivity index (χ1) is 18.6. The van der Waals surface area contributed by atoms with Crippen LogP contribution in [0.3, 0.4) is 0 Å². The molecule has 0 heterocycles. The SMILES string of the molecule is Oc1ccc2c(c1)CCCC(C1CCC(O)CC1)=C2c1ccc(OC2CCC(CCCCCF)CC2)cc1. The Hall–Kier alpha value is -2.33. The standard InChI is InChI=1S/C34H45FO3/c35-22-3-1-2-5-24-8-17-30(18-9-24)38-31-19-12-26(13-20-31)34-32(25-10-14-28(36)15-11-25)7-4-6-27-23-29(37)16-21-33(27)34/h12-13,16,19-21,23-25,28,30,36-37H,1-11,14-15,17-18,22H2. The molecule has 0 aliphatic heterocycles. The molecule has 0 saturated heterocycles. The maximum atomic E-state index is 12.3. The van der Waals surface area contributed by atoms with Gasteiger partial charge in [-0.25, -0.2) is 0 Å². The van der Waals surface area contributed by atoms with Crippen LogP contribution in [-0.4, -0.2) is 29.1 Å². The molecule has 2 saturated carbocycles. The third-order valence-corrected chi connectivity index (χ3v) is 9.25. The normalized spacial score (nSPS) is 26.1. The molecule has 3 nitrogen and oxygen atoms in total. The van der Waals surface area contributed by atoms with Crippen molar-refractivity contribution in [2.45, 2.75) is 109 Å². The van der Waals surface area contributed by atoms with Crippen molar-refractivity contribution in [2.75, 3.05) is 6.67 Å². The van der Waals surface area contributed by atoms with Gasteiger partial charge in [-0.2, -0.15) is 0 Å². The van der Waals surface area contributed by atoms with Crippen molar-refractivity contribution in [3.05, 3.63) is 64.7 Å². The Morgan fingerprint density at radius 1 is 0.816 bits per heavy atom. The maximum absolute atomic E-state index is 12.3. The molecule has 0 unspecified atom stereocenters. The van der Waals surface area contributed by atoms with E-state index in [-0.39, 0.29) is 18.9 Å². The molecule has 0 radical (unpaired) electrons. The van der Waals surface area contributed by atoms with Crippen molar-refractivity contribution in [2.24, 2.45) is 11.8 Å². The molecule has 206 valence electrons. The molecule has 38 heavy (non-hydrogen) atoms. The van der Waals surface area contributed by atoms with Gasteiger partial charge in [-0.1, -0.05) is 43.0 Å². The van der Waals surface area contributed by atoms with E-state index < -0.39 is 0 Å². The van der Waals surface area contributed by atoms with E-state index >= 15 is 0 Å². The van der Waals surface area contributed by atoms with Crippen LogP contribution < -0.4 is 4.74 Å². The van der Waals surface area contributed by atoms with E-state index in [0.29, 0.717) is 18.1 Å². The lowest BCUT2D eigenvalue weighted by molar-refractivity contribution is 0.115. The van der Waals surface area contributed by atoms with Gasteiger partial charge in [0, 0.05) is 0 Å². The molecule has 5 rings (SSSR count). The van der Waals surface area contributed by atoms with Crippen LogP contribution in [0.15, 0.2) is 48.0 Å². The van der Waals surface area contributed by atoms with E-state index in [1.807, 2.05) is 12.1 Å². The molecule has 2 aromatic rings. The number of ether oxygens (including phenoxy) is 1. The lowest BCUT2D eigenvalue weighted by Crippen LogP contribution is -2.24. The molecule has 3 aliphatic carbocycles. The minimum absolute atomic E-state index is 0.154. The highest BCUT2D eigenvalue weighted by molar-refractivity contribution is 5.85. The fraction of sp³-hybridized carbons (Fsp3) is 0.588. The predicted octanol–water partition coefficient (Wildman–Crippen LogP) is 8.55. The maximum Gasteiger partial charge on any atom is 0.119 e. The monoisotopic (exact) mass is 520 g/mol. The zero-order valence-corrected chi connectivity index (χ0v) is 22.8. The van der Waals surface area contributed by atoms with Crippen molar-refractivity contribution in [1.82, 2.24) is 0 Å². The molecule has 0 aromatic heterocycles. The Bertz CT molecular complexity index is 1060. The van der Waals surface area contributed by atoms with Gasteiger partial charge in [0.1, 0.15) is 11.5 Å². The van der Waals surface area contributed by atoms with Crippen LogP contribution in [-0.2, 0) is 6.42 Å². The van der Waals surface area contributed by atoms with Crippen molar-refractivity contribution in [1.29, 1.82) is 0 Å². The summed E-state index contributed by atoms with van der Waals surface area (Å²) in [7, 11) is 0. The fourth-order valence-corrected chi connectivity index (χ4v) is 7.11. The summed E-state index contributed by atoms with van der Waals surface area (Å²) >= 11 is 0. The van der Waals surface area contributed by atoms with Gasteiger partial charge in [-0.3, -0.25) is 4.39 Å². The van der Waals surface area contributed by atoms with Crippen molar-refractivity contribution >= 4 is 5.57 Å².